The third kappa shape index (κ3) is 3.94. The monoisotopic (exact) mass is 301 g/mol. The Kier molecular flexibility index (Phi) is 4.82. The maximum Gasteiger partial charge on any atom is 0.308 e. The Bertz CT molecular complexity index is 474. The highest BCUT2D eigenvalue weighted by Crippen LogP contribution is 2.23. The number of carboxylic acids is 1. The van der Waals surface area contributed by atoms with Gasteiger partial charge in [-0.25, -0.2) is 0 Å². The molecule has 0 radical (unpaired) electrons. The fourth-order valence-electron chi connectivity index (χ4n) is 2.28. The number of nitrogens with zero attached hydrogens (tertiary/aromatic N) is 1. The first-order chi connectivity index (χ1) is 9.06. The van der Waals surface area contributed by atoms with Crippen molar-refractivity contribution < 1.29 is 14.7 Å². The lowest BCUT2D eigenvalue weighted by Crippen LogP contribution is -2.42. The van der Waals surface area contributed by atoms with Gasteiger partial charge in [0.15, 0.2) is 0 Å². The number of piperidine rings is 1. The highest BCUT2D eigenvalue weighted by molar-refractivity contribution is 7.16. The van der Waals surface area contributed by atoms with E-state index < -0.39 is 11.9 Å². The smallest absolute Gasteiger partial charge is 0.308 e. The molecule has 1 atom stereocenters. The number of aliphatic carboxylic acids is 1. The lowest BCUT2D eigenvalue weighted by Gasteiger charge is -2.30. The van der Waals surface area contributed by atoms with Gasteiger partial charge in [0, 0.05) is 24.4 Å². The number of carbonyl (C=O) groups is 2. The Morgan fingerprint density at radius 3 is 2.89 bits per heavy atom. The molecule has 0 spiro atoms. The van der Waals surface area contributed by atoms with Gasteiger partial charge >= 0.3 is 5.97 Å². The predicted octanol–water partition coefficient (Wildman–Crippen LogP) is 2.66. The number of hydrogen-bond donors (Lipinski definition) is 1. The van der Waals surface area contributed by atoms with Crippen LogP contribution in [0.3, 0.4) is 0 Å². The Morgan fingerprint density at radius 1 is 1.47 bits per heavy atom. The molecule has 4 nitrogen and oxygen atoms in total. The molecule has 6 heteroatoms. The van der Waals surface area contributed by atoms with E-state index in [2.05, 4.69) is 0 Å². The molecule has 0 saturated carbocycles. The van der Waals surface area contributed by atoms with Crippen molar-refractivity contribution in [3.8, 4) is 0 Å². The van der Waals surface area contributed by atoms with Crippen LogP contribution in [0.1, 0.15) is 24.1 Å². The van der Waals surface area contributed by atoms with Gasteiger partial charge < -0.3 is 10.0 Å². The molecule has 0 bridgehead atoms. The van der Waals surface area contributed by atoms with Gasteiger partial charge in [-0.15, -0.1) is 11.3 Å². The van der Waals surface area contributed by atoms with Crippen LogP contribution in [-0.4, -0.2) is 35.0 Å². The lowest BCUT2D eigenvalue weighted by atomic mass is 9.98. The number of rotatable bonds is 4. The van der Waals surface area contributed by atoms with Crippen molar-refractivity contribution in [2.24, 2.45) is 5.92 Å². The molecule has 1 aliphatic heterocycles. The molecular formula is C13H16ClNO3S. The summed E-state index contributed by atoms with van der Waals surface area (Å²) in [6.45, 7) is 1.02. The highest BCUT2D eigenvalue weighted by atomic mass is 35.5. The van der Waals surface area contributed by atoms with Crippen LogP contribution in [0, 0.1) is 5.92 Å². The summed E-state index contributed by atoms with van der Waals surface area (Å²) >= 11 is 7.32. The molecule has 19 heavy (non-hydrogen) atoms. The number of carbonyl (C=O) groups excluding carboxylic acids is 1. The summed E-state index contributed by atoms with van der Waals surface area (Å²) in [6, 6.07) is 3.75. The van der Waals surface area contributed by atoms with Crippen molar-refractivity contribution in [3.63, 3.8) is 0 Å². The first-order valence-corrected chi connectivity index (χ1v) is 7.50. The van der Waals surface area contributed by atoms with E-state index in [4.69, 9.17) is 16.7 Å². The molecule has 1 aromatic heterocycles. The number of likely N-dealkylation sites (tertiary alicyclic amines) is 1. The molecule has 1 unspecified atom stereocenters. The maximum absolute atomic E-state index is 12.1. The van der Waals surface area contributed by atoms with Crippen LogP contribution in [0.5, 0.6) is 0 Å². The van der Waals surface area contributed by atoms with E-state index in [1.807, 2.05) is 12.1 Å². The molecule has 2 rings (SSSR count). The molecule has 1 aromatic rings. The van der Waals surface area contributed by atoms with E-state index in [-0.39, 0.29) is 5.91 Å². The third-order valence-corrected chi connectivity index (χ3v) is 4.63. The highest BCUT2D eigenvalue weighted by Gasteiger charge is 2.27. The van der Waals surface area contributed by atoms with Gasteiger partial charge in [-0.1, -0.05) is 11.6 Å². The summed E-state index contributed by atoms with van der Waals surface area (Å²) in [5.74, 6) is -1.17. The minimum atomic E-state index is -0.803. The van der Waals surface area contributed by atoms with Crippen molar-refractivity contribution in [1.29, 1.82) is 0 Å². The second-order valence-electron chi connectivity index (χ2n) is 4.72. The summed E-state index contributed by atoms with van der Waals surface area (Å²) in [6.07, 6.45) is 2.53. The number of amides is 1. The topological polar surface area (TPSA) is 57.6 Å². The molecule has 0 aliphatic carbocycles. The zero-order valence-electron chi connectivity index (χ0n) is 10.5. The normalized spacial score (nSPS) is 19.4. The van der Waals surface area contributed by atoms with E-state index in [9.17, 15) is 9.59 Å². The van der Waals surface area contributed by atoms with Gasteiger partial charge in [0.05, 0.1) is 10.3 Å². The Labute approximate surface area is 121 Å². The zero-order valence-corrected chi connectivity index (χ0v) is 12.0. The van der Waals surface area contributed by atoms with Crippen LogP contribution >= 0.6 is 22.9 Å². The molecule has 1 aliphatic rings. The van der Waals surface area contributed by atoms with Crippen LogP contribution < -0.4 is 0 Å². The van der Waals surface area contributed by atoms with Gasteiger partial charge in [0.2, 0.25) is 5.91 Å². The van der Waals surface area contributed by atoms with E-state index in [0.717, 1.165) is 15.6 Å². The quantitative estimate of drug-likeness (QED) is 0.930. The SMILES string of the molecule is O=C(O)C1CCCN(C(=O)CCc2ccc(Cl)s2)C1. The van der Waals surface area contributed by atoms with Crippen molar-refractivity contribution >= 4 is 34.8 Å². The summed E-state index contributed by atoms with van der Waals surface area (Å²) in [5.41, 5.74) is 0. The van der Waals surface area contributed by atoms with E-state index >= 15 is 0 Å². The first-order valence-electron chi connectivity index (χ1n) is 6.31. The molecule has 1 N–H and O–H groups in total. The number of carboxylic acid groups (broad SMARTS) is 1. The van der Waals surface area contributed by atoms with Crippen molar-refractivity contribution in [3.05, 3.63) is 21.3 Å². The van der Waals surface area contributed by atoms with Gasteiger partial charge in [-0.2, -0.15) is 0 Å². The first kappa shape index (κ1) is 14.3. The average Bonchev–Trinajstić information content (AvgIpc) is 2.82. The van der Waals surface area contributed by atoms with Crippen LogP contribution in [0.4, 0.5) is 0 Å². The van der Waals surface area contributed by atoms with Gasteiger partial charge in [0.25, 0.3) is 0 Å². The number of thiophene rings is 1. The van der Waals surface area contributed by atoms with Crippen molar-refractivity contribution in [1.82, 2.24) is 4.90 Å². The summed E-state index contributed by atoms with van der Waals surface area (Å²) in [5, 5.41) is 9.00. The van der Waals surface area contributed by atoms with E-state index in [1.165, 1.54) is 11.3 Å². The van der Waals surface area contributed by atoms with E-state index in [1.54, 1.807) is 4.90 Å². The fourth-order valence-corrected chi connectivity index (χ4v) is 3.37. The van der Waals surface area contributed by atoms with Gasteiger partial charge in [0.1, 0.15) is 0 Å². The molecule has 0 aromatic carbocycles. The second-order valence-corrected chi connectivity index (χ2v) is 6.52. The molecule has 1 fully saturated rings. The van der Waals surface area contributed by atoms with Gasteiger partial charge in [-0.05, 0) is 31.4 Å². The summed E-state index contributed by atoms with van der Waals surface area (Å²) in [4.78, 5) is 25.8. The number of aryl methyl sites for hydroxylation is 1. The standard InChI is InChI=1S/C13H16ClNO3S/c14-11-5-3-10(19-11)4-6-12(16)15-7-1-2-9(8-15)13(17)18/h3,5,9H,1-2,4,6-8H2,(H,17,18). The van der Waals surface area contributed by atoms with Crippen LogP contribution in [0.2, 0.25) is 4.34 Å². The second kappa shape index (κ2) is 6.39. The lowest BCUT2D eigenvalue weighted by molar-refractivity contribution is -0.145. The number of hydrogen-bond acceptors (Lipinski definition) is 3. The van der Waals surface area contributed by atoms with Gasteiger partial charge in [-0.3, -0.25) is 9.59 Å². The third-order valence-electron chi connectivity index (χ3n) is 3.34. The zero-order chi connectivity index (χ0) is 13.8. The molecule has 104 valence electrons. The predicted molar refractivity (Wildman–Crippen MR) is 74.6 cm³/mol. The minimum absolute atomic E-state index is 0.0375. The number of halogens is 1. The fraction of sp³-hybridized carbons (Fsp3) is 0.538. The Hall–Kier alpha value is -1.07. The molecule has 1 amide bonds. The van der Waals surface area contributed by atoms with Crippen LogP contribution in [0.25, 0.3) is 0 Å². The summed E-state index contributed by atoms with van der Waals surface area (Å²) < 4.78 is 0.728. The minimum Gasteiger partial charge on any atom is -0.481 e. The van der Waals surface area contributed by atoms with Crippen LogP contribution in [-0.2, 0) is 16.0 Å². The van der Waals surface area contributed by atoms with Crippen molar-refractivity contribution in [2.75, 3.05) is 13.1 Å². The Morgan fingerprint density at radius 2 is 2.26 bits per heavy atom. The average molecular weight is 302 g/mol. The van der Waals surface area contributed by atoms with Crippen LogP contribution in [0.15, 0.2) is 12.1 Å². The largest absolute Gasteiger partial charge is 0.481 e. The van der Waals surface area contributed by atoms with Crippen molar-refractivity contribution in [2.45, 2.75) is 25.7 Å². The molecular weight excluding hydrogens is 286 g/mol. The molecule has 1 saturated heterocycles. The van der Waals surface area contributed by atoms with E-state index in [0.29, 0.717) is 32.4 Å². The maximum atomic E-state index is 12.1. The Balaban J connectivity index is 1.84. The summed E-state index contributed by atoms with van der Waals surface area (Å²) in [7, 11) is 0. The molecule has 2 heterocycles.